The number of methoxy groups -OCH3 is 1. The lowest BCUT2D eigenvalue weighted by Gasteiger charge is -2.13. The molecule has 3 N–H and O–H groups in total. The summed E-state index contributed by atoms with van der Waals surface area (Å²) in [5.74, 6) is 0.530. The number of hydrogen-bond acceptors (Lipinski definition) is 4. The van der Waals surface area contributed by atoms with Gasteiger partial charge in [0, 0.05) is 6.07 Å². The van der Waals surface area contributed by atoms with E-state index >= 15 is 0 Å². The van der Waals surface area contributed by atoms with Crippen LogP contribution in [0.2, 0.25) is 0 Å². The summed E-state index contributed by atoms with van der Waals surface area (Å²) in [6.45, 7) is 3.60. The predicted molar refractivity (Wildman–Crippen MR) is 84.1 cm³/mol. The van der Waals surface area contributed by atoms with Crippen molar-refractivity contribution in [2.45, 2.75) is 18.7 Å². The van der Waals surface area contributed by atoms with Gasteiger partial charge in [-0.25, -0.2) is 8.42 Å². The van der Waals surface area contributed by atoms with E-state index in [2.05, 4.69) is 4.72 Å². The number of benzene rings is 2. The number of nitrogen functional groups attached to an aromatic ring is 1. The second-order valence-electron chi connectivity index (χ2n) is 4.83. The van der Waals surface area contributed by atoms with Crippen LogP contribution in [0.5, 0.6) is 5.75 Å². The molecule has 0 fully saturated rings. The van der Waals surface area contributed by atoms with Crippen molar-refractivity contribution in [3.8, 4) is 5.75 Å². The minimum atomic E-state index is -3.70. The number of hydrogen-bond donors (Lipinski definition) is 2. The second-order valence-corrected chi connectivity index (χ2v) is 6.48. The van der Waals surface area contributed by atoms with Gasteiger partial charge in [0.2, 0.25) is 0 Å². The van der Waals surface area contributed by atoms with E-state index in [9.17, 15) is 8.42 Å². The average Bonchev–Trinajstić information content (AvgIpc) is 2.43. The molecule has 0 aliphatic carbocycles. The molecule has 0 aliphatic rings. The van der Waals surface area contributed by atoms with Crippen LogP contribution in [0, 0.1) is 13.8 Å². The molecule has 0 radical (unpaired) electrons. The molecule has 112 valence electrons. The molecule has 2 aromatic carbocycles. The third-order valence-electron chi connectivity index (χ3n) is 3.14. The fourth-order valence-corrected chi connectivity index (χ4v) is 3.36. The van der Waals surface area contributed by atoms with Crippen molar-refractivity contribution >= 4 is 21.4 Å². The third kappa shape index (κ3) is 3.28. The van der Waals surface area contributed by atoms with Crippen LogP contribution in [0.25, 0.3) is 0 Å². The standard InChI is InChI=1S/C15H18N2O3S/c1-10-4-5-11(2)15(8-10)21(18,19)17-14-9-12(20-3)6-7-13(14)16/h4-9,17H,16H2,1-3H3. The molecule has 5 nitrogen and oxygen atoms in total. The molecule has 2 rings (SSSR count). The minimum Gasteiger partial charge on any atom is -0.497 e. The monoisotopic (exact) mass is 306 g/mol. The summed E-state index contributed by atoms with van der Waals surface area (Å²) in [4.78, 5) is 0.240. The summed E-state index contributed by atoms with van der Waals surface area (Å²) >= 11 is 0. The average molecular weight is 306 g/mol. The van der Waals surface area contributed by atoms with Crippen LogP contribution < -0.4 is 15.2 Å². The Kier molecular flexibility index (Phi) is 4.09. The number of nitrogens with one attached hydrogen (secondary N) is 1. The molecular formula is C15H18N2O3S. The molecule has 0 spiro atoms. The number of ether oxygens (including phenoxy) is 1. The zero-order valence-electron chi connectivity index (χ0n) is 12.2. The van der Waals surface area contributed by atoms with Crippen molar-refractivity contribution < 1.29 is 13.2 Å². The molecule has 0 atom stereocenters. The molecular weight excluding hydrogens is 288 g/mol. The van der Waals surface area contributed by atoms with E-state index in [0.29, 0.717) is 22.7 Å². The summed E-state index contributed by atoms with van der Waals surface area (Å²) in [6.07, 6.45) is 0. The molecule has 21 heavy (non-hydrogen) atoms. The molecule has 0 aliphatic heterocycles. The highest BCUT2D eigenvalue weighted by Crippen LogP contribution is 2.28. The van der Waals surface area contributed by atoms with Crippen molar-refractivity contribution in [1.29, 1.82) is 0 Å². The van der Waals surface area contributed by atoms with Crippen LogP contribution in [0.15, 0.2) is 41.3 Å². The van der Waals surface area contributed by atoms with E-state index in [1.165, 1.54) is 7.11 Å². The topological polar surface area (TPSA) is 81.4 Å². The van der Waals surface area contributed by atoms with Crippen LogP contribution in [-0.4, -0.2) is 15.5 Å². The molecule has 0 amide bonds. The van der Waals surface area contributed by atoms with Crippen LogP contribution in [0.3, 0.4) is 0 Å². The van der Waals surface area contributed by atoms with Gasteiger partial charge in [0.15, 0.2) is 0 Å². The summed E-state index contributed by atoms with van der Waals surface area (Å²) in [7, 11) is -2.19. The van der Waals surface area contributed by atoms with Crippen molar-refractivity contribution in [3.05, 3.63) is 47.5 Å². The zero-order chi connectivity index (χ0) is 15.6. The van der Waals surface area contributed by atoms with E-state index in [1.807, 2.05) is 13.0 Å². The first-order chi connectivity index (χ1) is 9.83. The molecule has 0 saturated carbocycles. The fraction of sp³-hybridized carbons (Fsp3) is 0.200. The van der Waals surface area contributed by atoms with E-state index in [4.69, 9.17) is 10.5 Å². The molecule has 0 bridgehead atoms. The summed E-state index contributed by atoms with van der Waals surface area (Å²) in [6, 6.07) is 10.1. The first-order valence-corrected chi connectivity index (χ1v) is 7.85. The zero-order valence-corrected chi connectivity index (χ0v) is 13.0. The van der Waals surface area contributed by atoms with Gasteiger partial charge < -0.3 is 10.5 Å². The Balaban J connectivity index is 2.44. The molecule has 0 heterocycles. The maximum absolute atomic E-state index is 12.5. The number of aryl methyl sites for hydroxylation is 2. The maximum atomic E-state index is 12.5. The number of nitrogens with two attached hydrogens (primary N) is 1. The Morgan fingerprint density at radius 2 is 1.81 bits per heavy atom. The predicted octanol–water partition coefficient (Wildman–Crippen LogP) is 2.70. The maximum Gasteiger partial charge on any atom is 0.262 e. The van der Waals surface area contributed by atoms with E-state index in [0.717, 1.165) is 5.56 Å². The van der Waals surface area contributed by atoms with Crippen LogP contribution in [0.1, 0.15) is 11.1 Å². The summed E-state index contributed by atoms with van der Waals surface area (Å²) < 4.78 is 32.6. The van der Waals surface area contributed by atoms with Crippen LogP contribution >= 0.6 is 0 Å². The highest BCUT2D eigenvalue weighted by molar-refractivity contribution is 7.92. The molecule has 0 unspecified atom stereocenters. The van der Waals surface area contributed by atoms with Gasteiger partial charge in [-0.3, -0.25) is 4.72 Å². The molecule has 6 heteroatoms. The summed E-state index contributed by atoms with van der Waals surface area (Å²) in [5, 5.41) is 0. The van der Waals surface area contributed by atoms with Gasteiger partial charge in [-0.15, -0.1) is 0 Å². The van der Waals surface area contributed by atoms with Gasteiger partial charge in [-0.05, 0) is 43.2 Å². The van der Waals surface area contributed by atoms with Gasteiger partial charge >= 0.3 is 0 Å². The largest absolute Gasteiger partial charge is 0.497 e. The Labute approximate surface area is 124 Å². The lowest BCUT2D eigenvalue weighted by Crippen LogP contribution is -2.15. The lowest BCUT2D eigenvalue weighted by atomic mass is 10.2. The highest BCUT2D eigenvalue weighted by atomic mass is 32.2. The Morgan fingerprint density at radius 1 is 1.10 bits per heavy atom. The summed E-state index contributed by atoms with van der Waals surface area (Å²) in [5.41, 5.74) is 8.00. The van der Waals surface area contributed by atoms with Crippen molar-refractivity contribution in [2.24, 2.45) is 0 Å². The van der Waals surface area contributed by atoms with Crippen LogP contribution in [-0.2, 0) is 10.0 Å². The van der Waals surface area contributed by atoms with Crippen molar-refractivity contribution in [2.75, 3.05) is 17.6 Å². The lowest BCUT2D eigenvalue weighted by molar-refractivity contribution is 0.415. The van der Waals surface area contributed by atoms with Gasteiger partial charge in [-0.2, -0.15) is 0 Å². The van der Waals surface area contributed by atoms with Crippen molar-refractivity contribution in [1.82, 2.24) is 0 Å². The quantitative estimate of drug-likeness (QED) is 0.851. The Morgan fingerprint density at radius 3 is 2.48 bits per heavy atom. The molecule has 0 saturated heterocycles. The number of rotatable bonds is 4. The smallest absolute Gasteiger partial charge is 0.262 e. The number of sulfonamides is 1. The molecule has 2 aromatic rings. The second kappa shape index (κ2) is 5.65. The Bertz CT molecular complexity index is 770. The normalized spacial score (nSPS) is 11.2. The van der Waals surface area contributed by atoms with Gasteiger partial charge in [0.05, 0.1) is 23.4 Å². The fourth-order valence-electron chi connectivity index (χ4n) is 1.95. The highest BCUT2D eigenvalue weighted by Gasteiger charge is 2.18. The van der Waals surface area contributed by atoms with Crippen LogP contribution in [0.4, 0.5) is 11.4 Å². The van der Waals surface area contributed by atoms with E-state index < -0.39 is 10.0 Å². The first kappa shape index (κ1) is 15.2. The van der Waals surface area contributed by atoms with Crippen molar-refractivity contribution in [3.63, 3.8) is 0 Å². The van der Waals surface area contributed by atoms with E-state index in [-0.39, 0.29) is 4.90 Å². The third-order valence-corrected chi connectivity index (χ3v) is 4.65. The Hall–Kier alpha value is -2.21. The minimum absolute atomic E-state index is 0.240. The van der Waals surface area contributed by atoms with Gasteiger partial charge in [0.25, 0.3) is 10.0 Å². The van der Waals surface area contributed by atoms with Gasteiger partial charge in [-0.1, -0.05) is 12.1 Å². The molecule has 0 aromatic heterocycles. The van der Waals surface area contributed by atoms with E-state index in [1.54, 1.807) is 37.3 Å². The first-order valence-electron chi connectivity index (χ1n) is 6.37. The van der Waals surface area contributed by atoms with Gasteiger partial charge in [0.1, 0.15) is 5.75 Å². The SMILES string of the molecule is COc1ccc(N)c(NS(=O)(=O)c2cc(C)ccc2C)c1. The number of anilines is 2.